The van der Waals surface area contributed by atoms with Crippen LogP contribution in [-0.4, -0.2) is 34.8 Å². The Morgan fingerprint density at radius 2 is 2.05 bits per heavy atom. The molecule has 1 aromatic heterocycles. The van der Waals surface area contributed by atoms with Gasteiger partial charge in [-0.05, 0) is 31.9 Å². The van der Waals surface area contributed by atoms with Crippen molar-refractivity contribution in [3.63, 3.8) is 0 Å². The summed E-state index contributed by atoms with van der Waals surface area (Å²) in [6, 6.07) is 2.32. The molecule has 1 fully saturated rings. The molecule has 1 heterocycles. The third-order valence-electron chi connectivity index (χ3n) is 3.81. The van der Waals surface area contributed by atoms with Gasteiger partial charge in [0.1, 0.15) is 0 Å². The lowest BCUT2D eigenvalue weighted by Gasteiger charge is -2.16. The first kappa shape index (κ1) is 15.0. The lowest BCUT2D eigenvalue weighted by Crippen LogP contribution is -2.40. The highest BCUT2D eigenvalue weighted by molar-refractivity contribution is 5.78. The highest BCUT2D eigenvalue weighted by atomic mass is 16.1. The molecule has 5 nitrogen and oxygen atoms in total. The number of carbonyl (C=O) groups is 1. The molecule has 2 N–H and O–H groups in total. The van der Waals surface area contributed by atoms with E-state index in [2.05, 4.69) is 15.7 Å². The lowest BCUT2D eigenvalue weighted by atomic mass is 10.1. The summed E-state index contributed by atoms with van der Waals surface area (Å²) in [5, 5.41) is 10.5. The van der Waals surface area contributed by atoms with E-state index in [0.29, 0.717) is 12.6 Å². The van der Waals surface area contributed by atoms with E-state index in [9.17, 15) is 4.79 Å². The molecule has 2 rings (SSSR count). The zero-order chi connectivity index (χ0) is 14.0. The molecule has 112 valence electrons. The molecule has 1 amide bonds. The van der Waals surface area contributed by atoms with Crippen LogP contribution in [-0.2, 0) is 11.3 Å². The van der Waals surface area contributed by atoms with Gasteiger partial charge >= 0.3 is 0 Å². The molecule has 1 aliphatic carbocycles. The largest absolute Gasteiger partial charge is 0.352 e. The molecule has 20 heavy (non-hydrogen) atoms. The lowest BCUT2D eigenvalue weighted by molar-refractivity contribution is -0.121. The van der Waals surface area contributed by atoms with Gasteiger partial charge in [-0.3, -0.25) is 9.48 Å². The Morgan fingerprint density at radius 1 is 1.25 bits per heavy atom. The van der Waals surface area contributed by atoms with Crippen LogP contribution in [0, 0.1) is 0 Å². The van der Waals surface area contributed by atoms with E-state index >= 15 is 0 Å². The minimum atomic E-state index is 0.135. The first-order valence-corrected chi connectivity index (χ1v) is 7.82. The molecule has 0 atom stereocenters. The Kier molecular flexibility index (Phi) is 6.57. The van der Waals surface area contributed by atoms with Crippen LogP contribution >= 0.6 is 0 Å². The van der Waals surface area contributed by atoms with Crippen LogP contribution in [0.2, 0.25) is 0 Å². The van der Waals surface area contributed by atoms with Crippen molar-refractivity contribution >= 4 is 5.91 Å². The normalized spacial score (nSPS) is 16.8. The monoisotopic (exact) mass is 278 g/mol. The van der Waals surface area contributed by atoms with Crippen molar-refractivity contribution in [2.75, 3.05) is 13.1 Å². The minimum absolute atomic E-state index is 0.135. The second-order valence-corrected chi connectivity index (χ2v) is 5.56. The van der Waals surface area contributed by atoms with E-state index < -0.39 is 0 Å². The summed E-state index contributed by atoms with van der Waals surface area (Å²) in [5.74, 6) is 0.135. The van der Waals surface area contributed by atoms with E-state index in [-0.39, 0.29) is 5.91 Å². The average molecular weight is 278 g/mol. The number of rotatable bonds is 7. The number of carbonyl (C=O) groups excluding carboxylic acids is 1. The molecule has 0 spiro atoms. The summed E-state index contributed by atoms with van der Waals surface area (Å²) in [5.41, 5.74) is 0. The third-order valence-corrected chi connectivity index (χ3v) is 3.81. The molecule has 0 aliphatic heterocycles. The molecule has 0 saturated heterocycles. The first-order chi connectivity index (χ1) is 9.84. The number of aromatic nitrogens is 2. The van der Waals surface area contributed by atoms with Crippen molar-refractivity contribution in [3.05, 3.63) is 18.5 Å². The fourth-order valence-electron chi connectivity index (χ4n) is 2.70. The summed E-state index contributed by atoms with van der Waals surface area (Å²) in [4.78, 5) is 11.8. The highest BCUT2D eigenvalue weighted by Gasteiger charge is 2.13. The molecule has 1 aromatic rings. The maximum absolute atomic E-state index is 11.8. The van der Waals surface area contributed by atoms with Crippen molar-refractivity contribution in [1.29, 1.82) is 0 Å². The maximum atomic E-state index is 11.8. The second kappa shape index (κ2) is 8.74. The van der Waals surface area contributed by atoms with Crippen LogP contribution in [0.15, 0.2) is 18.5 Å². The van der Waals surface area contributed by atoms with E-state index in [1.54, 1.807) is 6.20 Å². The number of amides is 1. The van der Waals surface area contributed by atoms with Crippen LogP contribution < -0.4 is 10.6 Å². The fraction of sp³-hybridized carbons (Fsp3) is 0.733. The Morgan fingerprint density at radius 3 is 2.75 bits per heavy atom. The van der Waals surface area contributed by atoms with Crippen LogP contribution in [0.3, 0.4) is 0 Å². The Balaban J connectivity index is 1.51. The summed E-state index contributed by atoms with van der Waals surface area (Å²) in [6.45, 7) is 2.16. The average Bonchev–Trinajstić information content (AvgIpc) is 2.83. The van der Waals surface area contributed by atoms with Gasteiger partial charge in [-0.15, -0.1) is 0 Å². The van der Waals surface area contributed by atoms with E-state index in [0.717, 1.165) is 32.4 Å². The number of nitrogens with one attached hydrogen (secondary N) is 2. The molecule has 5 heteroatoms. The van der Waals surface area contributed by atoms with Crippen LogP contribution in [0.1, 0.15) is 44.9 Å². The fourth-order valence-corrected chi connectivity index (χ4v) is 2.70. The quantitative estimate of drug-likeness (QED) is 0.589. The molecule has 1 aliphatic rings. The van der Waals surface area contributed by atoms with Crippen molar-refractivity contribution in [1.82, 2.24) is 20.4 Å². The molecule has 0 bridgehead atoms. The van der Waals surface area contributed by atoms with Gasteiger partial charge in [-0.25, -0.2) is 0 Å². The summed E-state index contributed by atoms with van der Waals surface area (Å²) in [7, 11) is 0. The molecule has 1 saturated carbocycles. The highest BCUT2D eigenvalue weighted by Crippen LogP contribution is 2.16. The SMILES string of the molecule is O=C(CNCCCn1cccn1)NC1CCCCCC1. The van der Waals surface area contributed by atoms with Crippen molar-refractivity contribution in [2.45, 2.75) is 57.5 Å². The standard InChI is InChI=1S/C15H26N4O/c20-15(18-14-7-3-1-2-4-8-14)13-16-9-5-11-19-12-6-10-17-19/h6,10,12,14,16H,1-5,7-9,11,13H2,(H,18,20). The van der Waals surface area contributed by atoms with Gasteiger partial charge in [-0.1, -0.05) is 25.7 Å². The topological polar surface area (TPSA) is 59.0 Å². The zero-order valence-electron chi connectivity index (χ0n) is 12.2. The van der Waals surface area contributed by atoms with Crippen LogP contribution in [0.5, 0.6) is 0 Å². The van der Waals surface area contributed by atoms with Gasteiger partial charge in [0.2, 0.25) is 5.91 Å². The van der Waals surface area contributed by atoms with E-state index in [4.69, 9.17) is 0 Å². The predicted molar refractivity (Wildman–Crippen MR) is 79.3 cm³/mol. The van der Waals surface area contributed by atoms with Crippen LogP contribution in [0.4, 0.5) is 0 Å². The minimum Gasteiger partial charge on any atom is -0.352 e. The van der Waals surface area contributed by atoms with Gasteiger partial charge in [0.25, 0.3) is 0 Å². The summed E-state index contributed by atoms with van der Waals surface area (Å²) >= 11 is 0. The summed E-state index contributed by atoms with van der Waals surface area (Å²) < 4.78 is 1.91. The second-order valence-electron chi connectivity index (χ2n) is 5.56. The molecule has 0 radical (unpaired) electrons. The zero-order valence-corrected chi connectivity index (χ0v) is 12.2. The Hall–Kier alpha value is -1.36. The first-order valence-electron chi connectivity index (χ1n) is 7.82. The van der Waals surface area contributed by atoms with Crippen molar-refractivity contribution in [3.8, 4) is 0 Å². The van der Waals surface area contributed by atoms with Gasteiger partial charge in [0.05, 0.1) is 6.54 Å². The van der Waals surface area contributed by atoms with Crippen LogP contribution in [0.25, 0.3) is 0 Å². The van der Waals surface area contributed by atoms with Gasteiger partial charge in [-0.2, -0.15) is 5.10 Å². The van der Waals surface area contributed by atoms with Gasteiger partial charge in [0, 0.05) is 25.0 Å². The number of hydrogen-bond donors (Lipinski definition) is 2. The summed E-state index contributed by atoms with van der Waals surface area (Å²) in [6.07, 6.45) is 12.2. The van der Waals surface area contributed by atoms with Crippen molar-refractivity contribution in [2.24, 2.45) is 0 Å². The van der Waals surface area contributed by atoms with E-state index in [1.807, 2.05) is 16.9 Å². The van der Waals surface area contributed by atoms with Crippen molar-refractivity contribution < 1.29 is 4.79 Å². The number of hydrogen-bond acceptors (Lipinski definition) is 3. The maximum Gasteiger partial charge on any atom is 0.234 e. The number of aryl methyl sites for hydroxylation is 1. The number of nitrogens with zero attached hydrogens (tertiary/aromatic N) is 2. The van der Waals surface area contributed by atoms with E-state index in [1.165, 1.54) is 25.7 Å². The smallest absolute Gasteiger partial charge is 0.234 e. The molecular weight excluding hydrogens is 252 g/mol. The molecule has 0 unspecified atom stereocenters. The Bertz CT molecular complexity index is 369. The third kappa shape index (κ3) is 5.74. The predicted octanol–water partition coefficient (Wildman–Crippen LogP) is 1.70. The van der Waals surface area contributed by atoms with Gasteiger partial charge in [0.15, 0.2) is 0 Å². The Labute approximate surface area is 121 Å². The van der Waals surface area contributed by atoms with Gasteiger partial charge < -0.3 is 10.6 Å². The molecule has 0 aromatic carbocycles. The molecular formula is C15H26N4O.